The van der Waals surface area contributed by atoms with Gasteiger partial charge in [-0.2, -0.15) is 0 Å². The summed E-state index contributed by atoms with van der Waals surface area (Å²) >= 11 is 0. The van der Waals surface area contributed by atoms with Crippen molar-refractivity contribution in [2.24, 2.45) is 5.41 Å². The highest BCUT2D eigenvalue weighted by Crippen LogP contribution is 2.36. The fraction of sp³-hybridized carbons (Fsp3) is 0.467. The largest absolute Gasteiger partial charge is 0.481 e. The minimum atomic E-state index is -0.724. The molecule has 0 radical (unpaired) electrons. The number of carbonyl (C=O) groups is 1. The molecule has 1 N–H and O–H groups in total. The van der Waals surface area contributed by atoms with Crippen LogP contribution in [0.15, 0.2) is 30.5 Å². The molecule has 0 aliphatic heterocycles. The van der Waals surface area contributed by atoms with Gasteiger partial charge in [0.25, 0.3) is 0 Å². The van der Waals surface area contributed by atoms with Crippen molar-refractivity contribution in [1.29, 1.82) is 0 Å². The molecule has 0 spiro atoms. The number of hydrogen-bond donors (Lipinski definition) is 1. The fourth-order valence-electron chi connectivity index (χ4n) is 2.38. The highest BCUT2D eigenvalue weighted by Gasteiger charge is 2.37. The molecule has 1 aromatic heterocycles. The Morgan fingerprint density at radius 3 is 3.00 bits per heavy atom. The average Bonchev–Trinajstić information content (AvgIpc) is 2.42. The average molecular weight is 261 g/mol. The molecular weight excluding hydrogens is 242 g/mol. The van der Waals surface area contributed by atoms with Gasteiger partial charge in [0.2, 0.25) is 5.88 Å². The van der Waals surface area contributed by atoms with Crippen LogP contribution in [0.25, 0.3) is 0 Å². The third kappa shape index (κ3) is 3.13. The Hall–Kier alpha value is -1.84. The summed E-state index contributed by atoms with van der Waals surface area (Å²) < 4.78 is 5.62. The SMILES string of the molecule is Cc1cccnc1OCCC1(C(=O)O)CC=CCC1. The van der Waals surface area contributed by atoms with Gasteiger partial charge in [0, 0.05) is 11.8 Å². The minimum Gasteiger partial charge on any atom is -0.481 e. The van der Waals surface area contributed by atoms with Crippen molar-refractivity contribution in [2.75, 3.05) is 6.61 Å². The number of allylic oxidation sites excluding steroid dienone is 2. The van der Waals surface area contributed by atoms with Gasteiger partial charge in [-0.15, -0.1) is 0 Å². The number of carboxylic acids is 1. The summed E-state index contributed by atoms with van der Waals surface area (Å²) in [5.74, 6) is -0.132. The molecular formula is C15H19NO3. The second-order valence-electron chi connectivity index (χ2n) is 5.02. The lowest BCUT2D eigenvalue weighted by molar-refractivity contribution is -0.150. The number of ether oxygens (including phenoxy) is 1. The summed E-state index contributed by atoms with van der Waals surface area (Å²) in [5.41, 5.74) is 0.299. The quantitative estimate of drug-likeness (QED) is 0.828. The van der Waals surface area contributed by atoms with Crippen molar-refractivity contribution in [3.8, 4) is 5.88 Å². The number of carboxylic acid groups (broad SMARTS) is 1. The van der Waals surface area contributed by atoms with Crippen LogP contribution in [0.2, 0.25) is 0 Å². The van der Waals surface area contributed by atoms with Crippen LogP contribution in [-0.4, -0.2) is 22.7 Å². The Morgan fingerprint density at radius 2 is 2.37 bits per heavy atom. The maximum absolute atomic E-state index is 11.5. The van der Waals surface area contributed by atoms with Gasteiger partial charge in [-0.25, -0.2) is 4.98 Å². The normalized spacial score (nSPS) is 22.2. The molecule has 1 aliphatic rings. The zero-order valence-electron chi connectivity index (χ0n) is 11.1. The minimum absolute atomic E-state index is 0.387. The number of aromatic nitrogens is 1. The molecule has 0 saturated carbocycles. The lowest BCUT2D eigenvalue weighted by atomic mass is 9.75. The number of aliphatic carboxylic acids is 1. The topological polar surface area (TPSA) is 59.4 Å². The van der Waals surface area contributed by atoms with Gasteiger partial charge in [0.05, 0.1) is 12.0 Å². The van der Waals surface area contributed by atoms with E-state index in [2.05, 4.69) is 4.98 Å². The predicted molar refractivity (Wildman–Crippen MR) is 72.1 cm³/mol. The van der Waals surface area contributed by atoms with Crippen LogP contribution in [-0.2, 0) is 4.79 Å². The molecule has 4 nitrogen and oxygen atoms in total. The summed E-state index contributed by atoms with van der Waals surface area (Å²) in [6.45, 7) is 2.32. The maximum Gasteiger partial charge on any atom is 0.310 e. The molecule has 0 saturated heterocycles. The lowest BCUT2D eigenvalue weighted by Crippen LogP contribution is -2.33. The van der Waals surface area contributed by atoms with E-state index in [0.717, 1.165) is 12.0 Å². The van der Waals surface area contributed by atoms with Crippen LogP contribution in [0.5, 0.6) is 5.88 Å². The monoisotopic (exact) mass is 261 g/mol. The first-order valence-electron chi connectivity index (χ1n) is 6.57. The fourth-order valence-corrected chi connectivity index (χ4v) is 2.38. The summed E-state index contributed by atoms with van der Waals surface area (Å²) in [6.07, 6.45) is 8.31. The van der Waals surface area contributed by atoms with E-state index in [1.807, 2.05) is 31.2 Å². The van der Waals surface area contributed by atoms with Crippen LogP contribution in [0.4, 0.5) is 0 Å². The van der Waals surface area contributed by atoms with E-state index >= 15 is 0 Å². The van der Waals surface area contributed by atoms with Crippen molar-refractivity contribution >= 4 is 5.97 Å². The second-order valence-corrected chi connectivity index (χ2v) is 5.02. The molecule has 1 aliphatic carbocycles. The molecule has 0 aromatic carbocycles. The number of hydrogen-bond acceptors (Lipinski definition) is 3. The van der Waals surface area contributed by atoms with Gasteiger partial charge in [0.1, 0.15) is 0 Å². The van der Waals surface area contributed by atoms with Crippen LogP contribution in [0.1, 0.15) is 31.2 Å². The Bertz CT molecular complexity index is 484. The zero-order valence-corrected chi connectivity index (χ0v) is 11.1. The Kier molecular flexibility index (Phi) is 4.20. The Balaban J connectivity index is 1.95. The van der Waals surface area contributed by atoms with Crippen molar-refractivity contribution in [1.82, 2.24) is 4.98 Å². The van der Waals surface area contributed by atoms with Crippen LogP contribution in [0.3, 0.4) is 0 Å². The second kappa shape index (κ2) is 5.87. The highest BCUT2D eigenvalue weighted by molar-refractivity contribution is 5.75. The Labute approximate surface area is 113 Å². The number of aryl methyl sites for hydroxylation is 1. The first-order chi connectivity index (χ1) is 9.14. The number of rotatable bonds is 5. The summed E-state index contributed by atoms with van der Waals surface area (Å²) in [5, 5.41) is 9.44. The van der Waals surface area contributed by atoms with Gasteiger partial charge in [-0.05, 0) is 38.7 Å². The molecule has 19 heavy (non-hydrogen) atoms. The number of pyridine rings is 1. The standard InChI is InChI=1S/C15H19NO3/c1-12-6-5-10-16-13(12)19-11-9-15(14(17)18)7-3-2-4-8-15/h2-3,5-6,10H,4,7-9,11H2,1H3,(H,17,18). The third-order valence-electron chi connectivity index (χ3n) is 3.70. The van der Waals surface area contributed by atoms with E-state index in [1.165, 1.54) is 0 Å². The van der Waals surface area contributed by atoms with E-state index in [-0.39, 0.29) is 0 Å². The van der Waals surface area contributed by atoms with Gasteiger partial charge in [0.15, 0.2) is 0 Å². The van der Waals surface area contributed by atoms with Crippen molar-refractivity contribution in [3.63, 3.8) is 0 Å². The highest BCUT2D eigenvalue weighted by atomic mass is 16.5. The molecule has 2 rings (SSSR count). The molecule has 1 atom stereocenters. The van der Waals surface area contributed by atoms with Crippen molar-refractivity contribution in [2.45, 2.75) is 32.6 Å². The van der Waals surface area contributed by atoms with Crippen LogP contribution in [0, 0.1) is 12.3 Å². The first kappa shape index (κ1) is 13.6. The van der Waals surface area contributed by atoms with Gasteiger partial charge in [-0.1, -0.05) is 18.2 Å². The van der Waals surface area contributed by atoms with Gasteiger partial charge >= 0.3 is 5.97 Å². The number of nitrogens with zero attached hydrogens (tertiary/aromatic N) is 1. The van der Waals surface area contributed by atoms with Gasteiger partial charge in [-0.3, -0.25) is 4.79 Å². The lowest BCUT2D eigenvalue weighted by Gasteiger charge is -2.30. The van der Waals surface area contributed by atoms with E-state index < -0.39 is 11.4 Å². The molecule has 0 amide bonds. The smallest absolute Gasteiger partial charge is 0.310 e. The molecule has 102 valence electrons. The summed E-state index contributed by atoms with van der Waals surface area (Å²) in [4.78, 5) is 15.6. The van der Waals surface area contributed by atoms with Crippen molar-refractivity contribution in [3.05, 3.63) is 36.0 Å². The zero-order chi connectivity index (χ0) is 13.7. The van der Waals surface area contributed by atoms with Gasteiger partial charge < -0.3 is 9.84 Å². The van der Waals surface area contributed by atoms with E-state index in [0.29, 0.717) is 31.7 Å². The maximum atomic E-state index is 11.5. The molecule has 4 heteroatoms. The Morgan fingerprint density at radius 1 is 1.53 bits per heavy atom. The van der Waals surface area contributed by atoms with E-state index in [1.54, 1.807) is 6.20 Å². The van der Waals surface area contributed by atoms with Crippen LogP contribution < -0.4 is 4.74 Å². The van der Waals surface area contributed by atoms with E-state index in [4.69, 9.17) is 4.74 Å². The summed E-state index contributed by atoms with van der Waals surface area (Å²) in [7, 11) is 0. The van der Waals surface area contributed by atoms with Crippen LogP contribution >= 0.6 is 0 Å². The third-order valence-corrected chi connectivity index (χ3v) is 3.70. The predicted octanol–water partition coefficient (Wildman–Crippen LogP) is 2.97. The molecule has 0 bridgehead atoms. The first-order valence-corrected chi connectivity index (χ1v) is 6.57. The van der Waals surface area contributed by atoms with Crippen molar-refractivity contribution < 1.29 is 14.6 Å². The molecule has 1 unspecified atom stereocenters. The summed E-state index contributed by atoms with van der Waals surface area (Å²) in [6, 6.07) is 3.78. The molecule has 1 aromatic rings. The van der Waals surface area contributed by atoms with E-state index in [9.17, 15) is 9.90 Å². The molecule has 0 fully saturated rings. The molecule has 1 heterocycles.